The van der Waals surface area contributed by atoms with Crippen LogP contribution in [0.25, 0.3) is 0 Å². The molecule has 18 heavy (non-hydrogen) atoms. The number of alkyl halides is 3. The lowest BCUT2D eigenvalue weighted by atomic mass is 10.2. The molecule has 0 radical (unpaired) electrons. The Kier molecular flexibility index (Phi) is 6.57. The standard InChI is InChI=1S/C8H14F3NO5S/c9-8(10,11)3-1-5-18(16,17)12-6(2-4-13)7(14)15/h6,12-13H,1-5H2,(H,14,15)/t6-/m0/s1. The van der Waals surface area contributed by atoms with Gasteiger partial charge in [-0.15, -0.1) is 0 Å². The average molecular weight is 293 g/mol. The second-order valence-electron chi connectivity index (χ2n) is 3.56. The van der Waals surface area contributed by atoms with E-state index in [1.165, 1.54) is 0 Å². The molecule has 0 rings (SSSR count). The molecule has 0 aromatic heterocycles. The van der Waals surface area contributed by atoms with Crippen LogP contribution in [0.1, 0.15) is 19.3 Å². The van der Waals surface area contributed by atoms with Gasteiger partial charge in [-0.1, -0.05) is 0 Å². The van der Waals surface area contributed by atoms with Crippen LogP contribution in [-0.4, -0.2) is 49.2 Å². The highest BCUT2D eigenvalue weighted by molar-refractivity contribution is 7.89. The number of aliphatic hydroxyl groups is 1. The van der Waals surface area contributed by atoms with Gasteiger partial charge in [0.25, 0.3) is 0 Å². The molecule has 0 fully saturated rings. The first-order chi connectivity index (χ1) is 8.07. The third kappa shape index (κ3) is 8.25. The van der Waals surface area contributed by atoms with E-state index in [9.17, 15) is 26.4 Å². The van der Waals surface area contributed by atoms with Crippen LogP contribution in [0.4, 0.5) is 13.2 Å². The van der Waals surface area contributed by atoms with E-state index in [4.69, 9.17) is 10.2 Å². The van der Waals surface area contributed by atoms with E-state index >= 15 is 0 Å². The Morgan fingerprint density at radius 2 is 1.89 bits per heavy atom. The highest BCUT2D eigenvalue weighted by Gasteiger charge is 2.28. The Labute approximate surface area is 102 Å². The molecule has 0 unspecified atom stereocenters. The van der Waals surface area contributed by atoms with E-state index in [-0.39, 0.29) is 6.42 Å². The topological polar surface area (TPSA) is 104 Å². The van der Waals surface area contributed by atoms with Crippen LogP contribution in [0.15, 0.2) is 0 Å². The first-order valence-corrected chi connectivity index (χ1v) is 6.63. The minimum atomic E-state index is -4.45. The van der Waals surface area contributed by atoms with Crippen LogP contribution in [0.5, 0.6) is 0 Å². The van der Waals surface area contributed by atoms with Crippen LogP contribution < -0.4 is 4.72 Å². The first-order valence-electron chi connectivity index (χ1n) is 4.98. The molecule has 0 saturated heterocycles. The third-order valence-corrected chi connectivity index (χ3v) is 3.38. The summed E-state index contributed by atoms with van der Waals surface area (Å²) in [5.41, 5.74) is 0. The zero-order chi connectivity index (χ0) is 14.4. The predicted octanol–water partition coefficient (Wildman–Crippen LogP) is 0.0839. The molecular formula is C8H14F3NO5S. The van der Waals surface area contributed by atoms with Crippen molar-refractivity contribution in [3.63, 3.8) is 0 Å². The Bertz CT molecular complexity index is 367. The van der Waals surface area contributed by atoms with Crippen molar-refractivity contribution in [2.45, 2.75) is 31.5 Å². The molecule has 3 N–H and O–H groups in total. The van der Waals surface area contributed by atoms with E-state index in [2.05, 4.69) is 0 Å². The van der Waals surface area contributed by atoms with Gasteiger partial charge < -0.3 is 10.2 Å². The van der Waals surface area contributed by atoms with Crippen LogP contribution in [-0.2, 0) is 14.8 Å². The predicted molar refractivity (Wildman–Crippen MR) is 55.3 cm³/mol. The summed E-state index contributed by atoms with van der Waals surface area (Å²) in [6, 6.07) is -1.54. The Morgan fingerprint density at radius 3 is 2.28 bits per heavy atom. The van der Waals surface area contributed by atoms with E-state index in [1.807, 2.05) is 0 Å². The van der Waals surface area contributed by atoms with E-state index in [1.54, 1.807) is 4.72 Å². The normalized spacial score (nSPS) is 14.4. The van der Waals surface area contributed by atoms with Crippen molar-refractivity contribution < 1.29 is 36.6 Å². The first kappa shape index (κ1) is 17.1. The van der Waals surface area contributed by atoms with Crippen molar-refractivity contribution in [3.05, 3.63) is 0 Å². The number of carbonyl (C=O) groups is 1. The average Bonchev–Trinajstić information content (AvgIpc) is 2.13. The Balaban J connectivity index is 4.33. The monoisotopic (exact) mass is 293 g/mol. The van der Waals surface area contributed by atoms with Gasteiger partial charge in [-0.3, -0.25) is 4.79 Å². The molecule has 10 heteroatoms. The van der Waals surface area contributed by atoms with Crippen LogP contribution >= 0.6 is 0 Å². The van der Waals surface area contributed by atoms with Crippen molar-refractivity contribution in [2.24, 2.45) is 0 Å². The molecular weight excluding hydrogens is 279 g/mol. The van der Waals surface area contributed by atoms with Crippen molar-refractivity contribution in [2.75, 3.05) is 12.4 Å². The van der Waals surface area contributed by atoms with Crippen molar-refractivity contribution in [1.29, 1.82) is 0 Å². The number of nitrogens with one attached hydrogen (secondary N) is 1. The minimum Gasteiger partial charge on any atom is -0.480 e. The van der Waals surface area contributed by atoms with Gasteiger partial charge in [0.2, 0.25) is 10.0 Å². The van der Waals surface area contributed by atoms with Crippen LogP contribution in [0.2, 0.25) is 0 Å². The van der Waals surface area contributed by atoms with Gasteiger partial charge in [0.1, 0.15) is 6.04 Å². The van der Waals surface area contributed by atoms with Crippen molar-refractivity contribution >= 4 is 16.0 Å². The summed E-state index contributed by atoms with van der Waals surface area (Å²) in [4.78, 5) is 10.6. The highest BCUT2D eigenvalue weighted by Crippen LogP contribution is 2.21. The van der Waals surface area contributed by atoms with Gasteiger partial charge in [0, 0.05) is 13.0 Å². The maximum Gasteiger partial charge on any atom is 0.389 e. The van der Waals surface area contributed by atoms with Gasteiger partial charge in [0.15, 0.2) is 0 Å². The van der Waals surface area contributed by atoms with Gasteiger partial charge in [-0.2, -0.15) is 13.2 Å². The maximum atomic E-state index is 11.8. The van der Waals surface area contributed by atoms with Gasteiger partial charge in [-0.25, -0.2) is 13.1 Å². The lowest BCUT2D eigenvalue weighted by Gasteiger charge is -2.13. The quantitative estimate of drug-likeness (QED) is 0.588. The summed E-state index contributed by atoms with van der Waals surface area (Å²) >= 11 is 0. The molecule has 0 aliphatic heterocycles. The van der Waals surface area contributed by atoms with E-state index in [0.717, 1.165) is 0 Å². The molecule has 0 aromatic carbocycles. The molecule has 0 aliphatic carbocycles. The van der Waals surface area contributed by atoms with E-state index in [0.29, 0.717) is 0 Å². The van der Waals surface area contributed by atoms with Gasteiger partial charge >= 0.3 is 12.1 Å². The molecule has 0 aromatic rings. The molecule has 6 nitrogen and oxygen atoms in total. The number of hydrogen-bond donors (Lipinski definition) is 3. The van der Waals surface area contributed by atoms with Crippen molar-refractivity contribution in [3.8, 4) is 0 Å². The number of rotatable bonds is 8. The van der Waals surface area contributed by atoms with E-state index < -0.39 is 53.4 Å². The zero-order valence-electron chi connectivity index (χ0n) is 9.27. The number of sulfonamides is 1. The second kappa shape index (κ2) is 6.90. The third-order valence-electron chi connectivity index (χ3n) is 1.91. The van der Waals surface area contributed by atoms with Crippen LogP contribution in [0, 0.1) is 0 Å². The molecule has 0 aliphatic rings. The minimum absolute atomic E-state index is 0.353. The number of aliphatic carboxylic acids is 1. The summed E-state index contributed by atoms with van der Waals surface area (Å²) in [6.45, 7) is -0.554. The SMILES string of the molecule is O=C(O)[C@H](CCO)NS(=O)(=O)CCCC(F)(F)F. The zero-order valence-corrected chi connectivity index (χ0v) is 10.1. The van der Waals surface area contributed by atoms with Crippen molar-refractivity contribution in [1.82, 2.24) is 4.72 Å². The number of aliphatic hydroxyl groups excluding tert-OH is 1. The van der Waals surface area contributed by atoms with Crippen LogP contribution in [0.3, 0.4) is 0 Å². The lowest BCUT2D eigenvalue weighted by molar-refractivity contribution is -0.139. The number of carboxylic acids is 1. The number of carboxylic acid groups (broad SMARTS) is 1. The summed E-state index contributed by atoms with van der Waals surface area (Å²) < 4.78 is 59.7. The molecule has 1 atom stereocenters. The second-order valence-corrected chi connectivity index (χ2v) is 5.43. The Hall–Kier alpha value is -0.870. The number of halogens is 3. The fourth-order valence-electron chi connectivity index (χ4n) is 1.10. The fraction of sp³-hybridized carbons (Fsp3) is 0.875. The summed E-state index contributed by atoms with van der Waals surface area (Å²) in [5.74, 6) is -2.31. The summed E-state index contributed by atoms with van der Waals surface area (Å²) in [7, 11) is -4.11. The molecule has 0 bridgehead atoms. The van der Waals surface area contributed by atoms with Gasteiger partial charge in [0.05, 0.1) is 5.75 Å². The smallest absolute Gasteiger partial charge is 0.389 e. The maximum absolute atomic E-state index is 11.8. The lowest BCUT2D eigenvalue weighted by Crippen LogP contribution is -2.42. The molecule has 108 valence electrons. The Morgan fingerprint density at radius 1 is 1.33 bits per heavy atom. The molecule has 0 heterocycles. The largest absolute Gasteiger partial charge is 0.480 e. The summed E-state index contributed by atoms with van der Waals surface area (Å²) in [6.07, 6.45) is -6.71. The highest BCUT2D eigenvalue weighted by atomic mass is 32.2. The summed E-state index contributed by atoms with van der Waals surface area (Å²) in [5, 5.41) is 17.1. The molecule has 0 amide bonds. The van der Waals surface area contributed by atoms with Gasteiger partial charge in [-0.05, 0) is 12.8 Å². The number of hydrogen-bond acceptors (Lipinski definition) is 4. The fourth-order valence-corrected chi connectivity index (χ4v) is 2.39. The molecule has 0 spiro atoms. The molecule has 0 saturated carbocycles.